The molecular weight excluding hydrogens is 516 g/mol. The molecule has 34 heavy (non-hydrogen) atoms. The summed E-state index contributed by atoms with van der Waals surface area (Å²) in [4.78, 5) is 12.8. The lowest BCUT2D eigenvalue weighted by Crippen LogP contribution is -2.23. The molecule has 0 unspecified atom stereocenters. The lowest BCUT2D eigenvalue weighted by Gasteiger charge is -2.11. The van der Waals surface area contributed by atoms with E-state index in [1.54, 1.807) is 30.3 Å². The van der Waals surface area contributed by atoms with E-state index in [-0.39, 0.29) is 17.3 Å². The fraction of sp³-hybridized carbons (Fsp3) is 0.269. The minimum absolute atomic E-state index is 0.129. The van der Waals surface area contributed by atoms with Gasteiger partial charge in [-0.05, 0) is 70.4 Å². The molecule has 0 heterocycles. The Balaban J connectivity index is 1.56. The summed E-state index contributed by atoms with van der Waals surface area (Å²) in [7, 11) is -3.66. The Labute approximate surface area is 209 Å². The first kappa shape index (κ1) is 25.9. The SMILES string of the molecule is CCCCCCOc1ccc(C(=O)Nc2ccc(S(=O)(=O)NCc3ccccc3)cc2)cc1Br. The maximum atomic E-state index is 12.6. The van der Waals surface area contributed by atoms with Crippen molar-refractivity contribution in [2.45, 2.75) is 44.0 Å². The van der Waals surface area contributed by atoms with Crippen molar-refractivity contribution in [1.29, 1.82) is 0 Å². The van der Waals surface area contributed by atoms with E-state index in [1.807, 2.05) is 30.3 Å². The van der Waals surface area contributed by atoms with Crippen molar-refractivity contribution in [3.05, 3.63) is 88.4 Å². The number of unbranched alkanes of at least 4 members (excludes halogenated alkanes) is 3. The Morgan fingerprint density at radius 3 is 2.35 bits per heavy atom. The molecule has 3 rings (SSSR count). The minimum Gasteiger partial charge on any atom is -0.492 e. The first-order chi connectivity index (χ1) is 16.4. The molecule has 0 radical (unpaired) electrons. The summed E-state index contributed by atoms with van der Waals surface area (Å²) in [6, 6.07) is 20.5. The first-order valence-corrected chi connectivity index (χ1v) is 13.5. The van der Waals surface area contributed by atoms with Gasteiger partial charge in [0.15, 0.2) is 0 Å². The van der Waals surface area contributed by atoms with Crippen molar-refractivity contribution >= 4 is 37.5 Å². The lowest BCUT2D eigenvalue weighted by molar-refractivity contribution is 0.102. The predicted molar refractivity (Wildman–Crippen MR) is 139 cm³/mol. The Bertz CT molecular complexity index is 1180. The predicted octanol–water partition coefficient (Wildman–Crippen LogP) is 6.14. The van der Waals surface area contributed by atoms with E-state index in [9.17, 15) is 13.2 Å². The fourth-order valence-corrected chi connectivity index (χ4v) is 4.76. The highest BCUT2D eigenvalue weighted by Gasteiger charge is 2.15. The van der Waals surface area contributed by atoms with Gasteiger partial charge >= 0.3 is 0 Å². The smallest absolute Gasteiger partial charge is 0.255 e. The van der Waals surface area contributed by atoms with Crippen LogP contribution in [0.25, 0.3) is 0 Å². The van der Waals surface area contributed by atoms with Crippen LogP contribution in [0.3, 0.4) is 0 Å². The van der Waals surface area contributed by atoms with Gasteiger partial charge < -0.3 is 10.1 Å². The molecule has 0 aliphatic heterocycles. The van der Waals surface area contributed by atoms with Gasteiger partial charge in [-0.25, -0.2) is 13.1 Å². The third kappa shape index (κ3) is 7.68. The largest absolute Gasteiger partial charge is 0.492 e. The quantitative estimate of drug-likeness (QED) is 0.268. The maximum absolute atomic E-state index is 12.6. The maximum Gasteiger partial charge on any atom is 0.255 e. The van der Waals surface area contributed by atoms with Crippen LogP contribution in [-0.2, 0) is 16.6 Å². The van der Waals surface area contributed by atoms with Crippen molar-refractivity contribution in [1.82, 2.24) is 4.72 Å². The lowest BCUT2D eigenvalue weighted by atomic mass is 10.2. The third-order valence-electron chi connectivity index (χ3n) is 5.18. The number of ether oxygens (including phenoxy) is 1. The van der Waals surface area contributed by atoms with Gasteiger partial charge in [0.2, 0.25) is 10.0 Å². The van der Waals surface area contributed by atoms with Crippen molar-refractivity contribution in [3.63, 3.8) is 0 Å². The number of halogens is 1. The number of hydrogen-bond acceptors (Lipinski definition) is 4. The normalized spacial score (nSPS) is 11.2. The third-order valence-corrected chi connectivity index (χ3v) is 7.22. The van der Waals surface area contributed by atoms with E-state index in [0.29, 0.717) is 28.1 Å². The fourth-order valence-electron chi connectivity index (χ4n) is 3.25. The van der Waals surface area contributed by atoms with Crippen molar-refractivity contribution in [2.24, 2.45) is 0 Å². The number of nitrogens with one attached hydrogen (secondary N) is 2. The monoisotopic (exact) mass is 544 g/mol. The second-order valence-corrected chi connectivity index (χ2v) is 10.5. The van der Waals surface area contributed by atoms with Crippen LogP contribution in [0.4, 0.5) is 5.69 Å². The first-order valence-electron chi connectivity index (χ1n) is 11.3. The van der Waals surface area contributed by atoms with Crippen LogP contribution >= 0.6 is 15.9 Å². The van der Waals surface area contributed by atoms with E-state index in [4.69, 9.17) is 4.74 Å². The average molecular weight is 545 g/mol. The highest BCUT2D eigenvalue weighted by Crippen LogP contribution is 2.27. The van der Waals surface area contributed by atoms with E-state index in [1.165, 1.54) is 25.0 Å². The molecule has 8 heteroatoms. The standard InChI is InChI=1S/C26H29BrN2O4S/c1-2-3-4-8-17-33-25-16-11-21(18-24(25)27)26(30)29-22-12-14-23(15-13-22)34(31,32)28-19-20-9-6-5-7-10-20/h5-7,9-16,18,28H,2-4,8,17,19H2,1H3,(H,29,30). The zero-order chi connectivity index (χ0) is 24.4. The molecule has 0 aliphatic rings. The zero-order valence-corrected chi connectivity index (χ0v) is 21.5. The average Bonchev–Trinajstić information content (AvgIpc) is 2.84. The summed E-state index contributed by atoms with van der Waals surface area (Å²) in [5, 5.41) is 2.79. The van der Waals surface area contributed by atoms with Gasteiger partial charge in [0.1, 0.15) is 5.75 Å². The number of amides is 1. The van der Waals surface area contributed by atoms with Crippen molar-refractivity contribution in [3.8, 4) is 5.75 Å². The molecule has 0 saturated heterocycles. The second kappa shape index (κ2) is 12.7. The number of sulfonamides is 1. The van der Waals surface area contributed by atoms with Crippen molar-refractivity contribution in [2.75, 3.05) is 11.9 Å². The Kier molecular flexibility index (Phi) is 9.68. The van der Waals surface area contributed by atoms with Crippen LogP contribution in [-0.4, -0.2) is 20.9 Å². The molecule has 0 spiro atoms. The van der Waals surface area contributed by atoms with Crippen LogP contribution in [0.5, 0.6) is 5.75 Å². The summed E-state index contributed by atoms with van der Waals surface area (Å²) >= 11 is 3.47. The summed E-state index contributed by atoms with van der Waals surface area (Å²) in [6.07, 6.45) is 4.51. The number of hydrogen-bond donors (Lipinski definition) is 2. The van der Waals surface area contributed by atoms with Gasteiger partial charge in [-0.3, -0.25) is 4.79 Å². The molecule has 0 atom stereocenters. The molecule has 3 aromatic carbocycles. The van der Waals surface area contributed by atoms with Gasteiger partial charge in [0.25, 0.3) is 5.91 Å². The van der Waals surface area contributed by atoms with Crippen molar-refractivity contribution < 1.29 is 17.9 Å². The summed E-state index contributed by atoms with van der Waals surface area (Å²) in [6.45, 7) is 3.01. The van der Waals surface area contributed by atoms with Crippen LogP contribution in [0.15, 0.2) is 82.2 Å². The molecule has 6 nitrogen and oxygen atoms in total. The Morgan fingerprint density at radius 2 is 1.68 bits per heavy atom. The van der Waals surface area contributed by atoms with Gasteiger partial charge in [-0.2, -0.15) is 0 Å². The van der Waals surface area contributed by atoms with E-state index in [2.05, 4.69) is 32.9 Å². The molecule has 1 amide bonds. The van der Waals surface area contributed by atoms with Crippen LogP contribution in [0, 0.1) is 0 Å². The number of anilines is 1. The number of rotatable bonds is 12. The topological polar surface area (TPSA) is 84.5 Å². The molecule has 0 fully saturated rings. The molecule has 0 bridgehead atoms. The van der Waals surface area contributed by atoms with Crippen LogP contribution in [0.1, 0.15) is 48.5 Å². The summed E-state index contributed by atoms with van der Waals surface area (Å²) in [5.74, 6) is 0.401. The highest BCUT2D eigenvalue weighted by molar-refractivity contribution is 9.10. The number of carbonyl (C=O) groups is 1. The van der Waals surface area contributed by atoms with E-state index >= 15 is 0 Å². The molecule has 0 saturated carbocycles. The zero-order valence-electron chi connectivity index (χ0n) is 19.1. The van der Waals surface area contributed by atoms with Crippen LogP contribution in [0.2, 0.25) is 0 Å². The Hall–Kier alpha value is -2.68. The molecular formula is C26H29BrN2O4S. The van der Waals surface area contributed by atoms with Gasteiger partial charge in [0, 0.05) is 17.8 Å². The van der Waals surface area contributed by atoms with E-state index < -0.39 is 10.0 Å². The van der Waals surface area contributed by atoms with Gasteiger partial charge in [0.05, 0.1) is 16.0 Å². The number of carbonyl (C=O) groups excluding carboxylic acids is 1. The highest BCUT2D eigenvalue weighted by atomic mass is 79.9. The Morgan fingerprint density at radius 1 is 0.941 bits per heavy atom. The van der Waals surface area contributed by atoms with Gasteiger partial charge in [-0.1, -0.05) is 56.5 Å². The molecule has 2 N–H and O–H groups in total. The minimum atomic E-state index is -3.66. The molecule has 0 aromatic heterocycles. The van der Waals surface area contributed by atoms with E-state index in [0.717, 1.165) is 18.4 Å². The summed E-state index contributed by atoms with van der Waals surface area (Å²) < 4.78 is 34.2. The molecule has 3 aromatic rings. The molecule has 180 valence electrons. The summed E-state index contributed by atoms with van der Waals surface area (Å²) in [5.41, 5.74) is 1.83. The van der Waals surface area contributed by atoms with Gasteiger partial charge in [-0.15, -0.1) is 0 Å². The molecule has 0 aliphatic carbocycles. The van der Waals surface area contributed by atoms with Crippen LogP contribution < -0.4 is 14.8 Å². The second-order valence-electron chi connectivity index (χ2n) is 7.84. The number of benzene rings is 3.